The van der Waals surface area contributed by atoms with Gasteiger partial charge in [0.05, 0.1) is 5.39 Å². The van der Waals surface area contributed by atoms with Crippen molar-refractivity contribution < 1.29 is 14.3 Å². The Morgan fingerprint density at radius 3 is 2.46 bits per heavy atom. The highest BCUT2D eigenvalue weighted by molar-refractivity contribution is 6.02. The summed E-state index contributed by atoms with van der Waals surface area (Å²) in [4.78, 5) is 38.9. The zero-order valence-electron chi connectivity index (χ0n) is 15.1. The topological polar surface area (TPSA) is 81.5 Å². The van der Waals surface area contributed by atoms with Crippen molar-refractivity contribution in [3.63, 3.8) is 0 Å². The third-order valence-electron chi connectivity index (χ3n) is 4.38. The third-order valence-corrected chi connectivity index (χ3v) is 4.38. The van der Waals surface area contributed by atoms with Crippen molar-refractivity contribution >= 4 is 22.6 Å². The minimum Gasteiger partial charge on any atom is -0.451 e. The van der Waals surface area contributed by atoms with Crippen LogP contribution < -0.4 is 5.56 Å². The molecule has 0 spiro atoms. The van der Waals surface area contributed by atoms with Crippen molar-refractivity contribution in [3.8, 4) is 0 Å². The molecule has 2 heterocycles. The van der Waals surface area contributed by atoms with Gasteiger partial charge < -0.3 is 9.64 Å². The van der Waals surface area contributed by atoms with Gasteiger partial charge in [0.1, 0.15) is 0 Å². The van der Waals surface area contributed by atoms with Gasteiger partial charge in [-0.2, -0.15) is 5.10 Å². The van der Waals surface area contributed by atoms with Crippen LogP contribution >= 0.6 is 0 Å². The molecule has 26 heavy (non-hydrogen) atoms. The number of hydrogen-bond acceptors (Lipinski definition) is 5. The summed E-state index contributed by atoms with van der Waals surface area (Å²) in [6, 6.07) is 6.82. The first-order chi connectivity index (χ1) is 12.5. The molecule has 138 valence electrons. The lowest BCUT2D eigenvalue weighted by Crippen LogP contribution is -2.33. The lowest BCUT2D eigenvalue weighted by molar-refractivity contribution is -0.133. The van der Waals surface area contributed by atoms with E-state index >= 15 is 0 Å². The first-order valence-corrected chi connectivity index (χ1v) is 8.92. The normalized spacial score (nSPS) is 14.2. The standard InChI is InChI=1S/C19H23N3O4/c1-13(2)11-22-18(24)15-8-4-3-7-14(15)17(20-22)19(25)26-12-16(23)21-9-5-6-10-21/h3-4,7-8,13H,5-6,9-12H2,1-2H3. The molecule has 0 N–H and O–H groups in total. The van der Waals surface area contributed by atoms with Gasteiger partial charge in [-0.25, -0.2) is 9.48 Å². The quantitative estimate of drug-likeness (QED) is 0.763. The summed E-state index contributed by atoms with van der Waals surface area (Å²) in [7, 11) is 0. The molecule has 0 atom stereocenters. The van der Waals surface area contributed by atoms with Crippen LogP contribution in [0.15, 0.2) is 29.1 Å². The molecular weight excluding hydrogens is 334 g/mol. The number of esters is 1. The van der Waals surface area contributed by atoms with Crippen molar-refractivity contribution in [1.82, 2.24) is 14.7 Å². The number of carbonyl (C=O) groups is 2. The Balaban J connectivity index is 1.87. The summed E-state index contributed by atoms with van der Waals surface area (Å²) in [5.74, 6) is -0.691. The number of fused-ring (bicyclic) bond motifs is 1. The molecule has 1 amide bonds. The second-order valence-corrected chi connectivity index (χ2v) is 6.94. The molecule has 3 rings (SSSR count). The van der Waals surface area contributed by atoms with Gasteiger partial charge in [-0.1, -0.05) is 32.0 Å². The fourth-order valence-electron chi connectivity index (χ4n) is 3.11. The first-order valence-electron chi connectivity index (χ1n) is 8.92. The number of aromatic nitrogens is 2. The minimum atomic E-state index is -0.689. The van der Waals surface area contributed by atoms with Crippen LogP contribution in [-0.2, 0) is 16.1 Å². The van der Waals surface area contributed by atoms with Gasteiger partial charge in [-0.05, 0) is 24.8 Å². The van der Waals surface area contributed by atoms with Gasteiger partial charge in [-0.3, -0.25) is 9.59 Å². The summed E-state index contributed by atoms with van der Waals surface area (Å²) in [5, 5.41) is 5.08. The first kappa shape index (κ1) is 18.1. The molecule has 0 unspecified atom stereocenters. The van der Waals surface area contributed by atoms with Gasteiger partial charge in [-0.15, -0.1) is 0 Å². The Kier molecular flexibility index (Phi) is 5.35. The molecule has 1 fully saturated rings. The summed E-state index contributed by atoms with van der Waals surface area (Å²) >= 11 is 0. The SMILES string of the molecule is CC(C)Cn1nc(C(=O)OCC(=O)N2CCCC2)c2ccccc2c1=O. The van der Waals surface area contributed by atoms with E-state index in [-0.39, 0.29) is 29.7 Å². The average Bonchev–Trinajstić information content (AvgIpc) is 3.16. The Labute approximate surface area is 151 Å². The molecule has 7 heteroatoms. The van der Waals surface area contributed by atoms with Crippen LogP contribution in [0.1, 0.15) is 37.2 Å². The van der Waals surface area contributed by atoms with Crippen molar-refractivity contribution in [3.05, 3.63) is 40.3 Å². The Bertz CT molecular complexity index is 882. The van der Waals surface area contributed by atoms with Crippen LogP contribution in [0.2, 0.25) is 0 Å². The molecule has 0 aliphatic carbocycles. The van der Waals surface area contributed by atoms with E-state index in [1.54, 1.807) is 29.2 Å². The molecule has 0 bridgehead atoms. The zero-order valence-corrected chi connectivity index (χ0v) is 15.1. The highest BCUT2D eigenvalue weighted by Gasteiger charge is 2.22. The number of benzene rings is 1. The third kappa shape index (κ3) is 3.76. The smallest absolute Gasteiger partial charge is 0.359 e. The van der Waals surface area contributed by atoms with Crippen LogP contribution in [0.25, 0.3) is 10.8 Å². The van der Waals surface area contributed by atoms with E-state index in [1.165, 1.54) is 4.68 Å². The maximum atomic E-state index is 12.6. The molecule has 0 saturated carbocycles. The average molecular weight is 357 g/mol. The number of carbonyl (C=O) groups excluding carboxylic acids is 2. The number of hydrogen-bond donors (Lipinski definition) is 0. The molecular formula is C19H23N3O4. The molecule has 0 radical (unpaired) electrons. The van der Waals surface area contributed by atoms with Crippen LogP contribution in [0.3, 0.4) is 0 Å². The van der Waals surface area contributed by atoms with Crippen molar-refractivity contribution in [1.29, 1.82) is 0 Å². The van der Waals surface area contributed by atoms with E-state index in [0.717, 1.165) is 12.8 Å². The Morgan fingerprint density at radius 1 is 1.15 bits per heavy atom. The molecule has 2 aromatic rings. The van der Waals surface area contributed by atoms with Crippen LogP contribution in [0.5, 0.6) is 0 Å². The second-order valence-electron chi connectivity index (χ2n) is 6.94. The Morgan fingerprint density at radius 2 is 1.81 bits per heavy atom. The largest absolute Gasteiger partial charge is 0.451 e. The van der Waals surface area contributed by atoms with E-state index in [2.05, 4.69) is 5.10 Å². The van der Waals surface area contributed by atoms with Crippen LogP contribution in [0.4, 0.5) is 0 Å². The molecule has 1 aliphatic rings. The highest BCUT2D eigenvalue weighted by Crippen LogP contribution is 2.15. The molecule has 1 aromatic carbocycles. The lowest BCUT2D eigenvalue weighted by Gasteiger charge is -2.15. The fraction of sp³-hybridized carbons (Fsp3) is 0.474. The van der Waals surface area contributed by atoms with E-state index in [1.807, 2.05) is 13.8 Å². The maximum Gasteiger partial charge on any atom is 0.359 e. The summed E-state index contributed by atoms with van der Waals surface area (Å²) in [6.45, 7) is 5.44. The van der Waals surface area contributed by atoms with Gasteiger partial charge in [0, 0.05) is 25.0 Å². The number of likely N-dealkylation sites (tertiary alicyclic amines) is 1. The van der Waals surface area contributed by atoms with E-state index in [9.17, 15) is 14.4 Å². The summed E-state index contributed by atoms with van der Waals surface area (Å²) in [5.41, 5.74) is -0.172. The zero-order chi connectivity index (χ0) is 18.7. The summed E-state index contributed by atoms with van der Waals surface area (Å²) < 4.78 is 6.50. The second kappa shape index (κ2) is 7.68. The van der Waals surface area contributed by atoms with Crippen LogP contribution in [-0.4, -0.2) is 46.3 Å². The number of amides is 1. The van der Waals surface area contributed by atoms with E-state index in [4.69, 9.17) is 4.74 Å². The molecule has 1 aliphatic heterocycles. The monoisotopic (exact) mass is 357 g/mol. The fourth-order valence-corrected chi connectivity index (χ4v) is 3.11. The van der Waals surface area contributed by atoms with Crippen molar-refractivity contribution in [2.24, 2.45) is 5.92 Å². The summed E-state index contributed by atoms with van der Waals surface area (Å²) in [6.07, 6.45) is 1.96. The van der Waals surface area contributed by atoms with Gasteiger partial charge in [0.25, 0.3) is 11.5 Å². The highest BCUT2D eigenvalue weighted by atomic mass is 16.5. The predicted octanol–water partition coefficient (Wildman–Crippen LogP) is 1.83. The molecule has 1 aromatic heterocycles. The number of ether oxygens (including phenoxy) is 1. The Hall–Kier alpha value is -2.70. The van der Waals surface area contributed by atoms with E-state index in [0.29, 0.717) is 30.4 Å². The number of rotatable bonds is 5. The minimum absolute atomic E-state index is 0.0649. The van der Waals surface area contributed by atoms with Crippen LogP contribution in [0, 0.1) is 5.92 Å². The number of nitrogens with zero attached hydrogens (tertiary/aromatic N) is 3. The maximum absolute atomic E-state index is 12.6. The predicted molar refractivity (Wildman–Crippen MR) is 96.9 cm³/mol. The van der Waals surface area contributed by atoms with Gasteiger partial charge >= 0.3 is 5.97 Å². The van der Waals surface area contributed by atoms with Crippen molar-refractivity contribution in [2.75, 3.05) is 19.7 Å². The van der Waals surface area contributed by atoms with E-state index < -0.39 is 5.97 Å². The van der Waals surface area contributed by atoms with Gasteiger partial charge in [0.15, 0.2) is 12.3 Å². The molecule has 7 nitrogen and oxygen atoms in total. The van der Waals surface area contributed by atoms with Gasteiger partial charge in [0.2, 0.25) is 0 Å². The molecule has 1 saturated heterocycles. The lowest BCUT2D eigenvalue weighted by atomic mass is 10.1. The van der Waals surface area contributed by atoms with Crippen molar-refractivity contribution in [2.45, 2.75) is 33.2 Å².